The summed E-state index contributed by atoms with van der Waals surface area (Å²) in [6, 6.07) is 10.6. The summed E-state index contributed by atoms with van der Waals surface area (Å²) in [7, 11) is 0. The van der Waals surface area contributed by atoms with Gasteiger partial charge < -0.3 is 9.47 Å². The van der Waals surface area contributed by atoms with E-state index in [0.29, 0.717) is 37.0 Å². The van der Waals surface area contributed by atoms with Crippen molar-refractivity contribution in [3.05, 3.63) is 45.3 Å². The van der Waals surface area contributed by atoms with E-state index >= 15 is 0 Å². The molecule has 3 rings (SSSR count). The zero-order valence-corrected chi connectivity index (χ0v) is 26.0. The third-order valence-corrected chi connectivity index (χ3v) is 8.82. The van der Waals surface area contributed by atoms with Crippen LogP contribution in [0.2, 0.25) is 0 Å². The molecule has 0 spiro atoms. The predicted molar refractivity (Wildman–Crippen MR) is 156 cm³/mol. The Morgan fingerprint density at radius 3 is 2.43 bits per heavy atom. The second-order valence-corrected chi connectivity index (χ2v) is 13.7. The number of esters is 1. The lowest BCUT2D eigenvalue weighted by atomic mass is 9.67. The lowest BCUT2D eigenvalue weighted by Crippen LogP contribution is -2.33. The first-order valence-electron chi connectivity index (χ1n) is 13.8. The highest BCUT2D eigenvalue weighted by molar-refractivity contribution is 14.1. The van der Waals surface area contributed by atoms with Crippen molar-refractivity contribution in [1.29, 1.82) is 0 Å². The van der Waals surface area contributed by atoms with Crippen molar-refractivity contribution in [2.45, 2.75) is 111 Å². The molecule has 37 heavy (non-hydrogen) atoms. The smallest absolute Gasteiger partial charge is 0.306 e. The minimum Gasteiger partial charge on any atom is -0.460 e. The van der Waals surface area contributed by atoms with Gasteiger partial charge in [-0.25, -0.2) is 4.68 Å². The largest absolute Gasteiger partial charge is 0.460 e. The van der Waals surface area contributed by atoms with Gasteiger partial charge in [-0.05, 0) is 98.3 Å². The van der Waals surface area contributed by atoms with Crippen molar-refractivity contribution in [2.75, 3.05) is 6.61 Å². The summed E-state index contributed by atoms with van der Waals surface area (Å²) < 4.78 is 14.7. The van der Waals surface area contributed by atoms with Crippen LogP contribution in [0.25, 0.3) is 0 Å². The molecule has 0 amide bonds. The standard InChI is InChI=1S/C30H46IN3O3/c1-21(2)30(6,7)19-23-16-25(17-23)34-28(31)27(32-33-34)24(18-26(35)37-29(3,4)5)14-11-15-36-20-22-12-9-8-10-13-22/h8-10,12-13,21,23-25H,11,14-20H2,1-7H3/t23?,24-,25?/m0/s1. The maximum absolute atomic E-state index is 12.8. The molecule has 0 N–H and O–H groups in total. The third kappa shape index (κ3) is 9.05. The van der Waals surface area contributed by atoms with E-state index in [4.69, 9.17) is 9.47 Å². The van der Waals surface area contributed by atoms with Crippen LogP contribution in [0.4, 0.5) is 0 Å². The van der Waals surface area contributed by atoms with Crippen LogP contribution in [0.3, 0.4) is 0 Å². The maximum atomic E-state index is 12.8. The Kier molecular flexibility index (Phi) is 10.6. The molecular formula is C30H46IN3O3. The van der Waals surface area contributed by atoms with Gasteiger partial charge in [0.05, 0.1) is 24.8 Å². The summed E-state index contributed by atoms with van der Waals surface area (Å²) in [5.41, 5.74) is 1.94. The number of nitrogens with zero attached hydrogens (tertiary/aromatic N) is 3. The number of rotatable bonds is 13. The number of aromatic nitrogens is 3. The topological polar surface area (TPSA) is 66.2 Å². The molecule has 1 heterocycles. The van der Waals surface area contributed by atoms with E-state index in [9.17, 15) is 4.79 Å². The first-order chi connectivity index (χ1) is 17.4. The van der Waals surface area contributed by atoms with Gasteiger partial charge in [-0.3, -0.25) is 4.79 Å². The Morgan fingerprint density at radius 1 is 1.14 bits per heavy atom. The monoisotopic (exact) mass is 623 g/mol. The van der Waals surface area contributed by atoms with Gasteiger partial charge in [-0.15, -0.1) is 5.10 Å². The van der Waals surface area contributed by atoms with Crippen LogP contribution >= 0.6 is 22.6 Å². The second kappa shape index (κ2) is 13.0. The highest BCUT2D eigenvalue weighted by atomic mass is 127. The van der Waals surface area contributed by atoms with Crippen molar-refractivity contribution in [1.82, 2.24) is 15.0 Å². The molecule has 0 unspecified atom stereocenters. The summed E-state index contributed by atoms with van der Waals surface area (Å²) in [5.74, 6) is 1.19. The molecule has 1 saturated carbocycles. The number of carbonyl (C=O) groups excluding carboxylic acids is 1. The number of carbonyl (C=O) groups is 1. The summed E-state index contributed by atoms with van der Waals surface area (Å²) in [5, 5.41) is 9.17. The van der Waals surface area contributed by atoms with Gasteiger partial charge in [-0.2, -0.15) is 0 Å². The van der Waals surface area contributed by atoms with Crippen LogP contribution in [-0.4, -0.2) is 33.2 Å². The SMILES string of the molecule is CC(C)C(C)(C)CC1CC(n2nnc([C@@H](CCCOCc3ccccc3)CC(=O)OC(C)(C)C)c2I)C1. The second-order valence-electron chi connectivity index (χ2n) is 12.7. The number of halogens is 1. The normalized spacial score (nSPS) is 19.1. The molecule has 206 valence electrons. The van der Waals surface area contributed by atoms with Crippen LogP contribution < -0.4 is 0 Å². The fourth-order valence-electron chi connectivity index (χ4n) is 4.94. The summed E-state index contributed by atoms with van der Waals surface area (Å²) in [6.45, 7) is 16.4. The van der Waals surface area contributed by atoms with Crippen LogP contribution in [0.1, 0.15) is 110 Å². The Bertz CT molecular complexity index is 991. The zero-order valence-electron chi connectivity index (χ0n) is 23.8. The van der Waals surface area contributed by atoms with E-state index in [2.05, 4.69) is 77.4 Å². The predicted octanol–water partition coefficient (Wildman–Crippen LogP) is 7.72. The molecule has 1 fully saturated rings. The molecule has 1 atom stereocenters. The first-order valence-corrected chi connectivity index (χ1v) is 14.9. The van der Waals surface area contributed by atoms with Crippen LogP contribution in [0.15, 0.2) is 30.3 Å². The van der Waals surface area contributed by atoms with Crippen molar-refractivity contribution in [3.63, 3.8) is 0 Å². The van der Waals surface area contributed by atoms with Crippen molar-refractivity contribution in [3.8, 4) is 0 Å². The van der Waals surface area contributed by atoms with Crippen molar-refractivity contribution in [2.24, 2.45) is 17.3 Å². The first kappa shape index (κ1) is 30.1. The number of benzene rings is 1. The Labute approximate surface area is 237 Å². The van der Waals surface area contributed by atoms with Crippen LogP contribution in [0.5, 0.6) is 0 Å². The molecule has 0 bridgehead atoms. The van der Waals surface area contributed by atoms with Gasteiger partial charge in [0, 0.05) is 12.5 Å². The molecule has 0 aliphatic heterocycles. The van der Waals surface area contributed by atoms with Gasteiger partial charge in [0.1, 0.15) is 9.30 Å². The third-order valence-electron chi connectivity index (χ3n) is 7.77. The average molecular weight is 624 g/mol. The van der Waals surface area contributed by atoms with E-state index < -0.39 is 5.60 Å². The van der Waals surface area contributed by atoms with Crippen LogP contribution in [-0.2, 0) is 20.9 Å². The van der Waals surface area contributed by atoms with Gasteiger partial charge >= 0.3 is 5.97 Å². The lowest BCUT2D eigenvalue weighted by molar-refractivity contribution is -0.155. The highest BCUT2D eigenvalue weighted by Crippen LogP contribution is 2.46. The minimum absolute atomic E-state index is 0.0356. The fourth-order valence-corrected chi connectivity index (χ4v) is 5.98. The molecule has 1 aliphatic rings. The number of hydrogen-bond acceptors (Lipinski definition) is 5. The quantitative estimate of drug-likeness (QED) is 0.130. The van der Waals surface area contributed by atoms with Gasteiger partial charge in [0.15, 0.2) is 0 Å². The molecule has 1 aromatic carbocycles. The number of hydrogen-bond donors (Lipinski definition) is 0. The van der Waals surface area contributed by atoms with Gasteiger partial charge in [0.25, 0.3) is 0 Å². The summed E-state index contributed by atoms with van der Waals surface area (Å²) in [4.78, 5) is 12.8. The molecule has 0 radical (unpaired) electrons. The molecule has 7 heteroatoms. The number of ether oxygens (including phenoxy) is 2. The molecule has 1 aliphatic carbocycles. The highest BCUT2D eigenvalue weighted by Gasteiger charge is 2.38. The zero-order chi connectivity index (χ0) is 27.2. The Balaban J connectivity index is 1.61. The summed E-state index contributed by atoms with van der Waals surface area (Å²) >= 11 is 2.38. The average Bonchev–Trinajstić information content (AvgIpc) is 3.15. The van der Waals surface area contributed by atoms with Gasteiger partial charge in [-0.1, -0.05) is 63.2 Å². The van der Waals surface area contributed by atoms with E-state index in [1.54, 1.807) is 0 Å². The maximum Gasteiger partial charge on any atom is 0.306 e. The molecule has 0 saturated heterocycles. The van der Waals surface area contributed by atoms with E-state index in [1.165, 1.54) is 12.0 Å². The van der Waals surface area contributed by atoms with Gasteiger partial charge in [0.2, 0.25) is 0 Å². The minimum atomic E-state index is -0.504. The Hall–Kier alpha value is -1.48. The fraction of sp³-hybridized carbons (Fsp3) is 0.700. The Morgan fingerprint density at radius 2 is 1.81 bits per heavy atom. The van der Waals surface area contributed by atoms with E-state index in [1.807, 2.05) is 39.0 Å². The molecule has 1 aromatic heterocycles. The van der Waals surface area contributed by atoms with Crippen molar-refractivity contribution >= 4 is 28.6 Å². The summed E-state index contributed by atoms with van der Waals surface area (Å²) in [6.07, 6.45) is 5.51. The molecular weight excluding hydrogens is 577 g/mol. The van der Waals surface area contributed by atoms with Crippen molar-refractivity contribution < 1.29 is 14.3 Å². The lowest BCUT2D eigenvalue weighted by Gasteiger charge is -2.41. The van der Waals surface area contributed by atoms with Crippen LogP contribution in [0, 0.1) is 21.0 Å². The molecule has 6 nitrogen and oxygen atoms in total. The van der Waals surface area contributed by atoms with E-state index in [0.717, 1.165) is 41.0 Å². The van der Waals surface area contributed by atoms with E-state index in [-0.39, 0.29) is 11.9 Å². The molecule has 2 aromatic rings.